The first-order chi connectivity index (χ1) is 9.23. The summed E-state index contributed by atoms with van der Waals surface area (Å²) in [5.41, 5.74) is 0. The van der Waals surface area contributed by atoms with E-state index in [1.807, 2.05) is 13.8 Å². The first-order valence-corrected chi connectivity index (χ1v) is 8.56. The van der Waals surface area contributed by atoms with Gasteiger partial charge in [-0.1, -0.05) is 58.0 Å². The molecule has 1 heterocycles. The summed E-state index contributed by atoms with van der Waals surface area (Å²) in [5, 5.41) is 1.17. The Kier molecular flexibility index (Phi) is 5.70. The molecule has 1 fully saturated rings. The van der Waals surface area contributed by atoms with Gasteiger partial charge in [-0.3, -0.25) is 0 Å². The number of ether oxygens (including phenoxy) is 2. The summed E-state index contributed by atoms with van der Waals surface area (Å²) in [4.78, 5) is 0.598. The SMILES string of the molecule is CC1(C)OCC(CSc2c(Cl)c(Cl)c(Cl)c(Cl)c2Cl)O1. The van der Waals surface area contributed by atoms with Crippen molar-refractivity contribution in [2.75, 3.05) is 12.4 Å². The summed E-state index contributed by atoms with van der Waals surface area (Å²) >= 11 is 31.7. The van der Waals surface area contributed by atoms with Crippen LogP contribution in [0.3, 0.4) is 0 Å². The fourth-order valence-electron chi connectivity index (χ4n) is 1.73. The number of hydrogen-bond donors (Lipinski definition) is 0. The quantitative estimate of drug-likeness (QED) is 0.344. The van der Waals surface area contributed by atoms with Crippen molar-refractivity contribution in [3.05, 3.63) is 25.1 Å². The van der Waals surface area contributed by atoms with Gasteiger partial charge < -0.3 is 9.47 Å². The second-order valence-corrected chi connectivity index (χ2v) is 7.58. The molecule has 0 radical (unpaired) electrons. The van der Waals surface area contributed by atoms with Crippen LogP contribution in [0.4, 0.5) is 0 Å². The summed E-state index contributed by atoms with van der Waals surface area (Å²) < 4.78 is 11.2. The maximum absolute atomic E-state index is 6.16. The summed E-state index contributed by atoms with van der Waals surface area (Å²) in [6, 6.07) is 0. The minimum absolute atomic E-state index is 0.0460. The molecule has 1 aliphatic rings. The molecule has 1 unspecified atom stereocenters. The number of benzene rings is 1. The lowest BCUT2D eigenvalue weighted by atomic mass is 10.3. The van der Waals surface area contributed by atoms with Crippen molar-refractivity contribution in [1.29, 1.82) is 0 Å². The smallest absolute Gasteiger partial charge is 0.163 e. The van der Waals surface area contributed by atoms with Crippen LogP contribution in [0.15, 0.2) is 4.90 Å². The topological polar surface area (TPSA) is 18.5 Å². The van der Waals surface area contributed by atoms with E-state index >= 15 is 0 Å². The molecule has 0 bridgehead atoms. The Labute approximate surface area is 146 Å². The predicted octanol–water partition coefficient (Wildman–Crippen LogP) is 6.20. The molecule has 1 aromatic carbocycles. The van der Waals surface area contributed by atoms with E-state index in [2.05, 4.69) is 0 Å². The fraction of sp³-hybridized carbons (Fsp3) is 0.500. The zero-order valence-corrected chi connectivity index (χ0v) is 15.2. The van der Waals surface area contributed by atoms with Gasteiger partial charge in [0, 0.05) is 10.6 Å². The third-order valence-electron chi connectivity index (χ3n) is 2.65. The molecule has 20 heavy (non-hydrogen) atoms. The van der Waals surface area contributed by atoms with Gasteiger partial charge in [-0.2, -0.15) is 0 Å². The molecule has 1 aliphatic heterocycles. The monoisotopic (exact) mass is 394 g/mol. The third-order valence-corrected chi connectivity index (χ3v) is 6.39. The van der Waals surface area contributed by atoms with Crippen LogP contribution in [-0.2, 0) is 9.47 Å². The standard InChI is InChI=1S/C12H11Cl5O2S/c1-12(2)18-3-5(19-12)4-20-11-9(16)7(14)6(13)8(15)10(11)17/h5H,3-4H2,1-2H3. The molecule has 1 aromatic rings. The molecule has 112 valence electrons. The largest absolute Gasteiger partial charge is 0.348 e. The highest BCUT2D eigenvalue weighted by atomic mass is 35.5. The molecule has 8 heteroatoms. The lowest BCUT2D eigenvalue weighted by Crippen LogP contribution is -2.22. The number of thioether (sulfide) groups is 1. The van der Waals surface area contributed by atoms with E-state index in [0.717, 1.165) is 0 Å². The van der Waals surface area contributed by atoms with Crippen LogP contribution >= 0.6 is 69.8 Å². The highest BCUT2D eigenvalue weighted by molar-refractivity contribution is 7.99. The zero-order valence-electron chi connectivity index (χ0n) is 10.6. The Morgan fingerprint density at radius 2 is 1.50 bits per heavy atom. The third kappa shape index (κ3) is 3.64. The number of rotatable bonds is 3. The van der Waals surface area contributed by atoms with Crippen LogP contribution in [0, 0.1) is 0 Å². The normalized spacial score (nSPS) is 21.4. The highest BCUT2D eigenvalue weighted by Crippen LogP contribution is 2.48. The second-order valence-electron chi connectivity index (χ2n) is 4.66. The Balaban J connectivity index is 2.15. The molecule has 0 spiro atoms. The van der Waals surface area contributed by atoms with Crippen molar-refractivity contribution >= 4 is 69.8 Å². The van der Waals surface area contributed by atoms with Crippen LogP contribution in [0.1, 0.15) is 13.8 Å². The van der Waals surface area contributed by atoms with Gasteiger partial charge >= 0.3 is 0 Å². The molecular weight excluding hydrogens is 385 g/mol. The molecule has 0 N–H and O–H groups in total. The van der Waals surface area contributed by atoms with Crippen molar-refractivity contribution in [1.82, 2.24) is 0 Å². The van der Waals surface area contributed by atoms with E-state index in [1.54, 1.807) is 0 Å². The van der Waals surface area contributed by atoms with E-state index in [-0.39, 0.29) is 21.2 Å². The molecule has 0 saturated carbocycles. The lowest BCUT2D eigenvalue weighted by Gasteiger charge is -2.17. The maximum Gasteiger partial charge on any atom is 0.163 e. The van der Waals surface area contributed by atoms with E-state index in [4.69, 9.17) is 67.5 Å². The lowest BCUT2D eigenvalue weighted by molar-refractivity contribution is -0.135. The summed E-state index contributed by atoms with van der Waals surface area (Å²) in [6.45, 7) is 4.26. The van der Waals surface area contributed by atoms with Gasteiger partial charge in [0.25, 0.3) is 0 Å². The van der Waals surface area contributed by atoms with Crippen molar-refractivity contribution in [3.63, 3.8) is 0 Å². The van der Waals surface area contributed by atoms with Gasteiger partial charge in [-0.05, 0) is 13.8 Å². The van der Waals surface area contributed by atoms with Crippen molar-refractivity contribution in [2.24, 2.45) is 0 Å². The first-order valence-electron chi connectivity index (χ1n) is 5.69. The van der Waals surface area contributed by atoms with Crippen LogP contribution in [0.5, 0.6) is 0 Å². The van der Waals surface area contributed by atoms with Gasteiger partial charge in [0.05, 0.1) is 37.8 Å². The number of hydrogen-bond acceptors (Lipinski definition) is 3. The summed E-state index contributed by atoms with van der Waals surface area (Å²) in [5.74, 6) is 0.0608. The van der Waals surface area contributed by atoms with Crippen molar-refractivity contribution in [3.8, 4) is 0 Å². The van der Waals surface area contributed by atoms with Gasteiger partial charge in [0.1, 0.15) is 0 Å². The van der Waals surface area contributed by atoms with Gasteiger partial charge in [0.2, 0.25) is 0 Å². The van der Waals surface area contributed by atoms with E-state index in [1.165, 1.54) is 11.8 Å². The molecule has 1 atom stereocenters. The summed E-state index contributed by atoms with van der Waals surface area (Å²) in [7, 11) is 0. The van der Waals surface area contributed by atoms with E-state index in [0.29, 0.717) is 27.3 Å². The van der Waals surface area contributed by atoms with Crippen molar-refractivity contribution in [2.45, 2.75) is 30.6 Å². The van der Waals surface area contributed by atoms with E-state index < -0.39 is 5.79 Å². The molecular formula is C12H11Cl5O2S. The van der Waals surface area contributed by atoms with Crippen LogP contribution in [-0.4, -0.2) is 24.3 Å². The summed E-state index contributed by atoms with van der Waals surface area (Å²) in [6.07, 6.45) is -0.0460. The maximum atomic E-state index is 6.16. The molecule has 0 amide bonds. The first kappa shape index (κ1) is 17.3. The zero-order chi connectivity index (χ0) is 15.1. The van der Waals surface area contributed by atoms with Crippen LogP contribution < -0.4 is 0 Å². The number of halogens is 5. The molecule has 2 rings (SSSR count). The van der Waals surface area contributed by atoms with Gasteiger partial charge in [-0.25, -0.2) is 0 Å². The molecule has 1 saturated heterocycles. The minimum Gasteiger partial charge on any atom is -0.348 e. The Hall–Kier alpha value is 0.940. The van der Waals surface area contributed by atoms with Crippen LogP contribution in [0.25, 0.3) is 0 Å². The molecule has 0 aliphatic carbocycles. The Morgan fingerprint density at radius 3 is 1.95 bits per heavy atom. The van der Waals surface area contributed by atoms with Crippen LogP contribution in [0.2, 0.25) is 25.1 Å². The molecule has 2 nitrogen and oxygen atoms in total. The fourth-order valence-corrected chi connectivity index (χ4v) is 4.29. The van der Waals surface area contributed by atoms with Gasteiger partial charge in [0.15, 0.2) is 5.79 Å². The Morgan fingerprint density at radius 1 is 1.00 bits per heavy atom. The van der Waals surface area contributed by atoms with Crippen molar-refractivity contribution < 1.29 is 9.47 Å². The van der Waals surface area contributed by atoms with Gasteiger partial charge in [-0.15, -0.1) is 11.8 Å². The van der Waals surface area contributed by atoms with E-state index in [9.17, 15) is 0 Å². The highest BCUT2D eigenvalue weighted by Gasteiger charge is 2.33. The Bertz CT molecular complexity index is 506. The minimum atomic E-state index is -0.561. The average Bonchev–Trinajstić information content (AvgIpc) is 2.73. The average molecular weight is 397 g/mol. The second kappa shape index (κ2) is 6.59. The predicted molar refractivity (Wildman–Crippen MR) is 87.1 cm³/mol. The molecule has 0 aromatic heterocycles.